The van der Waals surface area contributed by atoms with Crippen LogP contribution in [0.5, 0.6) is 0 Å². The molecule has 1 saturated heterocycles. The molecule has 1 aliphatic rings. The lowest BCUT2D eigenvalue weighted by atomic mass is 9.88. The standard InChI is InChI=1S/C26H21N3O3/c30-24(17-8-2-1-3-9-17)22-23(21-12-6-7-14-27-21)29(26(32)25(22)31)15-13-18-16-28-20-11-5-4-10-19(18)20/h1-12,14,16,22-23,28H,13,15H2. The average molecular weight is 423 g/mol. The third kappa shape index (κ3) is 3.39. The van der Waals surface area contributed by atoms with Crippen LogP contribution >= 0.6 is 0 Å². The molecule has 1 amide bonds. The van der Waals surface area contributed by atoms with Crippen LogP contribution in [0.2, 0.25) is 0 Å². The minimum absolute atomic E-state index is 0.312. The first-order valence-electron chi connectivity index (χ1n) is 10.5. The molecule has 158 valence electrons. The molecule has 0 radical (unpaired) electrons. The Morgan fingerprint density at radius 3 is 2.47 bits per heavy atom. The monoisotopic (exact) mass is 423 g/mol. The number of ketones is 2. The van der Waals surface area contributed by atoms with Crippen LogP contribution in [0.4, 0.5) is 0 Å². The number of benzene rings is 2. The van der Waals surface area contributed by atoms with Crippen LogP contribution in [0.15, 0.2) is 85.2 Å². The number of nitrogens with one attached hydrogen (secondary N) is 1. The molecule has 6 nitrogen and oxygen atoms in total. The molecule has 6 heteroatoms. The van der Waals surface area contributed by atoms with Gasteiger partial charge < -0.3 is 9.88 Å². The van der Waals surface area contributed by atoms with Crippen LogP contribution in [0, 0.1) is 5.92 Å². The van der Waals surface area contributed by atoms with E-state index in [9.17, 15) is 14.4 Å². The lowest BCUT2D eigenvalue weighted by Gasteiger charge is -2.26. The minimum Gasteiger partial charge on any atom is -0.361 e. The van der Waals surface area contributed by atoms with Gasteiger partial charge in [0.1, 0.15) is 5.92 Å². The molecule has 0 spiro atoms. The Labute approximate surface area is 184 Å². The number of nitrogens with zero attached hydrogens (tertiary/aromatic N) is 2. The van der Waals surface area contributed by atoms with E-state index in [1.54, 1.807) is 48.7 Å². The van der Waals surface area contributed by atoms with Crippen molar-refractivity contribution in [3.8, 4) is 0 Å². The molecular weight excluding hydrogens is 402 g/mol. The molecule has 2 unspecified atom stereocenters. The second-order valence-corrected chi connectivity index (χ2v) is 7.88. The Morgan fingerprint density at radius 2 is 1.69 bits per heavy atom. The summed E-state index contributed by atoms with van der Waals surface area (Å²) < 4.78 is 0. The molecule has 32 heavy (non-hydrogen) atoms. The van der Waals surface area contributed by atoms with E-state index in [2.05, 4.69) is 9.97 Å². The molecule has 0 saturated carbocycles. The first kappa shape index (κ1) is 19.9. The summed E-state index contributed by atoms with van der Waals surface area (Å²) in [6, 6.07) is 21.2. The lowest BCUT2D eigenvalue weighted by Crippen LogP contribution is -2.33. The molecule has 0 bridgehead atoms. The fourth-order valence-corrected chi connectivity index (χ4v) is 4.47. The lowest BCUT2D eigenvalue weighted by molar-refractivity contribution is -0.140. The molecule has 2 aromatic carbocycles. The first-order chi connectivity index (χ1) is 15.6. The smallest absolute Gasteiger partial charge is 0.291 e. The summed E-state index contributed by atoms with van der Waals surface area (Å²) in [6.07, 6.45) is 4.10. The fraction of sp³-hybridized carbons (Fsp3) is 0.154. The van der Waals surface area contributed by atoms with Crippen molar-refractivity contribution in [1.82, 2.24) is 14.9 Å². The van der Waals surface area contributed by atoms with Crippen LogP contribution in [-0.4, -0.2) is 38.9 Å². The number of carbonyl (C=O) groups is 3. The van der Waals surface area contributed by atoms with Crippen molar-refractivity contribution in [3.05, 3.63) is 102 Å². The average Bonchev–Trinajstić information content (AvgIpc) is 3.37. The van der Waals surface area contributed by atoms with Crippen LogP contribution in [0.25, 0.3) is 10.9 Å². The summed E-state index contributed by atoms with van der Waals surface area (Å²) in [5.74, 6) is -2.76. The molecule has 2 aromatic heterocycles. The van der Waals surface area contributed by atoms with Gasteiger partial charge in [0.15, 0.2) is 5.78 Å². The minimum atomic E-state index is -1.11. The van der Waals surface area contributed by atoms with E-state index < -0.39 is 23.7 Å². The summed E-state index contributed by atoms with van der Waals surface area (Å²) in [6.45, 7) is 0.312. The maximum absolute atomic E-state index is 13.3. The summed E-state index contributed by atoms with van der Waals surface area (Å²) in [5.41, 5.74) is 3.03. The number of hydrogen-bond donors (Lipinski definition) is 1. The van der Waals surface area contributed by atoms with Crippen LogP contribution in [0.1, 0.15) is 27.7 Å². The number of rotatable bonds is 6. The topological polar surface area (TPSA) is 83.1 Å². The maximum Gasteiger partial charge on any atom is 0.291 e. The fourth-order valence-electron chi connectivity index (χ4n) is 4.47. The van der Waals surface area contributed by atoms with Crippen molar-refractivity contribution in [2.24, 2.45) is 5.92 Å². The predicted molar refractivity (Wildman–Crippen MR) is 120 cm³/mol. The van der Waals surface area contributed by atoms with Gasteiger partial charge in [0, 0.05) is 35.4 Å². The molecule has 1 N–H and O–H groups in total. The molecule has 2 atom stereocenters. The maximum atomic E-state index is 13.3. The van der Waals surface area contributed by atoms with Crippen LogP contribution in [-0.2, 0) is 16.0 Å². The number of hydrogen-bond acceptors (Lipinski definition) is 4. The number of para-hydroxylation sites is 1. The summed E-state index contributed by atoms with van der Waals surface area (Å²) >= 11 is 0. The number of carbonyl (C=O) groups excluding carboxylic acids is 3. The summed E-state index contributed by atoms with van der Waals surface area (Å²) in [5, 5.41) is 1.08. The molecule has 4 aromatic rings. The first-order valence-corrected chi connectivity index (χ1v) is 10.5. The highest BCUT2D eigenvalue weighted by Gasteiger charge is 2.52. The molecule has 0 aliphatic carbocycles. The second-order valence-electron chi connectivity index (χ2n) is 7.88. The van der Waals surface area contributed by atoms with E-state index in [1.807, 2.05) is 36.5 Å². The molecule has 1 aliphatic heterocycles. The Morgan fingerprint density at radius 1 is 0.938 bits per heavy atom. The van der Waals surface area contributed by atoms with E-state index in [-0.39, 0.29) is 5.78 Å². The van der Waals surface area contributed by atoms with Gasteiger partial charge in [-0.2, -0.15) is 0 Å². The zero-order valence-electron chi connectivity index (χ0n) is 17.3. The zero-order valence-corrected chi connectivity index (χ0v) is 17.3. The largest absolute Gasteiger partial charge is 0.361 e. The van der Waals surface area contributed by atoms with Crippen molar-refractivity contribution in [1.29, 1.82) is 0 Å². The van der Waals surface area contributed by atoms with E-state index >= 15 is 0 Å². The van der Waals surface area contributed by atoms with Crippen molar-refractivity contribution in [2.45, 2.75) is 12.5 Å². The third-order valence-corrected chi connectivity index (χ3v) is 6.03. The van der Waals surface area contributed by atoms with Gasteiger partial charge in [0.2, 0.25) is 5.78 Å². The van der Waals surface area contributed by atoms with Gasteiger partial charge in [-0.1, -0.05) is 54.6 Å². The number of amides is 1. The van der Waals surface area contributed by atoms with Gasteiger partial charge in [-0.3, -0.25) is 19.4 Å². The number of likely N-dealkylation sites (tertiary alicyclic amines) is 1. The van der Waals surface area contributed by atoms with E-state index in [1.165, 1.54) is 4.90 Å². The number of Topliss-reactive ketones (excluding diaryl/α,β-unsaturated/α-hetero) is 2. The highest BCUT2D eigenvalue weighted by Crippen LogP contribution is 2.37. The van der Waals surface area contributed by atoms with Crippen LogP contribution < -0.4 is 0 Å². The van der Waals surface area contributed by atoms with E-state index in [0.717, 1.165) is 16.5 Å². The summed E-state index contributed by atoms with van der Waals surface area (Å²) in [7, 11) is 0. The number of aromatic nitrogens is 2. The summed E-state index contributed by atoms with van der Waals surface area (Å²) in [4.78, 5) is 48.5. The zero-order chi connectivity index (χ0) is 22.1. The molecule has 5 rings (SSSR count). The highest BCUT2D eigenvalue weighted by molar-refractivity contribution is 6.44. The normalized spacial score (nSPS) is 18.4. The van der Waals surface area contributed by atoms with Gasteiger partial charge in [-0.25, -0.2) is 0 Å². The van der Waals surface area contributed by atoms with Gasteiger partial charge in [0.25, 0.3) is 5.91 Å². The van der Waals surface area contributed by atoms with Crippen molar-refractivity contribution >= 4 is 28.4 Å². The third-order valence-electron chi connectivity index (χ3n) is 6.03. The van der Waals surface area contributed by atoms with Crippen molar-refractivity contribution < 1.29 is 14.4 Å². The van der Waals surface area contributed by atoms with Crippen molar-refractivity contribution in [3.63, 3.8) is 0 Å². The number of aromatic amines is 1. The van der Waals surface area contributed by atoms with E-state index in [4.69, 9.17) is 0 Å². The molecular formula is C26H21N3O3. The Hall–Kier alpha value is -4.06. The Balaban J connectivity index is 1.50. The van der Waals surface area contributed by atoms with Gasteiger partial charge in [0.05, 0.1) is 11.7 Å². The predicted octanol–water partition coefficient (Wildman–Crippen LogP) is 3.76. The second kappa shape index (κ2) is 8.23. The van der Waals surface area contributed by atoms with Gasteiger partial charge >= 0.3 is 0 Å². The van der Waals surface area contributed by atoms with Crippen LogP contribution in [0.3, 0.4) is 0 Å². The number of fused-ring (bicyclic) bond motifs is 1. The Kier molecular flexibility index (Phi) is 5.11. The quantitative estimate of drug-likeness (QED) is 0.291. The van der Waals surface area contributed by atoms with Crippen molar-refractivity contribution in [2.75, 3.05) is 6.54 Å². The Bertz CT molecular complexity index is 1300. The van der Waals surface area contributed by atoms with Gasteiger partial charge in [-0.15, -0.1) is 0 Å². The number of pyridine rings is 1. The molecule has 3 heterocycles. The number of H-pyrrole nitrogens is 1. The van der Waals surface area contributed by atoms with E-state index in [0.29, 0.717) is 24.2 Å². The SMILES string of the molecule is O=C1C(=O)N(CCc2c[nH]c3ccccc23)C(c2ccccn2)C1C(=O)c1ccccc1. The highest BCUT2D eigenvalue weighted by atomic mass is 16.2. The van der Waals surface area contributed by atoms with Gasteiger partial charge in [-0.05, 0) is 30.2 Å². The molecule has 1 fully saturated rings.